The normalized spacial score (nSPS) is 13.4. The Morgan fingerprint density at radius 2 is 2.00 bits per heavy atom. The molecule has 0 amide bonds. The van der Waals surface area contributed by atoms with Crippen molar-refractivity contribution in [1.29, 1.82) is 0 Å². The molecule has 0 saturated carbocycles. The van der Waals surface area contributed by atoms with Crippen LogP contribution in [0.4, 0.5) is 0 Å². The number of carboxylic acids is 1. The van der Waals surface area contributed by atoms with Gasteiger partial charge in [-0.2, -0.15) is 0 Å². The van der Waals surface area contributed by atoms with Gasteiger partial charge in [-0.05, 0) is 6.92 Å². The van der Waals surface area contributed by atoms with E-state index in [-0.39, 0.29) is 11.5 Å². The first-order chi connectivity index (χ1) is 5.04. The van der Waals surface area contributed by atoms with E-state index in [1.165, 1.54) is 6.92 Å². The Bertz CT molecular complexity index is 165. The zero-order valence-corrected chi connectivity index (χ0v) is 6.29. The Kier molecular flexibility index (Phi) is 3.95. The summed E-state index contributed by atoms with van der Waals surface area (Å²) in [5, 5.41) is 7.89. The number of ether oxygens (including phenoxy) is 1. The van der Waals surface area contributed by atoms with Crippen LogP contribution in [0.15, 0.2) is 12.2 Å². The standard InChI is InChI=1S/C4H6O2.C3H4O2/c1-3(2)4(5)6;4-3-1-2-5-3/h1H2,2H3,(H,5,6);1-2H2. The van der Waals surface area contributed by atoms with Crippen LogP contribution in [0.25, 0.3) is 0 Å². The van der Waals surface area contributed by atoms with Crippen molar-refractivity contribution in [1.82, 2.24) is 0 Å². The second-order valence-electron chi connectivity index (χ2n) is 2.06. The van der Waals surface area contributed by atoms with E-state index in [1.54, 1.807) is 0 Å². The van der Waals surface area contributed by atoms with Crippen molar-refractivity contribution in [2.45, 2.75) is 13.3 Å². The average Bonchev–Trinajstić information content (AvgIpc) is 1.85. The predicted molar refractivity (Wildman–Crippen MR) is 38.0 cm³/mol. The number of aliphatic carboxylic acids is 1. The number of carbonyl (C=O) groups excluding carboxylic acids is 1. The summed E-state index contributed by atoms with van der Waals surface area (Å²) in [7, 11) is 0. The summed E-state index contributed by atoms with van der Waals surface area (Å²) in [4.78, 5) is 19.3. The van der Waals surface area contributed by atoms with Gasteiger partial charge >= 0.3 is 11.9 Å². The van der Waals surface area contributed by atoms with Crippen LogP contribution in [0, 0.1) is 0 Å². The van der Waals surface area contributed by atoms with Crippen molar-refractivity contribution in [3.05, 3.63) is 12.2 Å². The van der Waals surface area contributed by atoms with Gasteiger partial charge in [-0.15, -0.1) is 0 Å². The zero-order valence-electron chi connectivity index (χ0n) is 6.29. The first kappa shape index (κ1) is 9.68. The van der Waals surface area contributed by atoms with Crippen molar-refractivity contribution in [2.75, 3.05) is 6.61 Å². The third-order valence-electron chi connectivity index (χ3n) is 0.934. The van der Waals surface area contributed by atoms with Crippen LogP contribution >= 0.6 is 0 Å². The topological polar surface area (TPSA) is 63.6 Å². The number of carbonyl (C=O) groups is 2. The van der Waals surface area contributed by atoms with Crippen molar-refractivity contribution >= 4 is 11.9 Å². The monoisotopic (exact) mass is 158 g/mol. The molecule has 1 heterocycles. The van der Waals surface area contributed by atoms with Crippen LogP contribution < -0.4 is 0 Å². The number of hydrogen-bond acceptors (Lipinski definition) is 3. The molecular weight excluding hydrogens is 148 g/mol. The van der Waals surface area contributed by atoms with Gasteiger partial charge in [0.25, 0.3) is 0 Å². The summed E-state index contributed by atoms with van der Waals surface area (Å²) < 4.78 is 4.29. The van der Waals surface area contributed by atoms with E-state index in [0.29, 0.717) is 13.0 Å². The number of carboxylic acid groups (broad SMARTS) is 1. The van der Waals surface area contributed by atoms with Crippen LogP contribution in [0.3, 0.4) is 0 Å². The molecule has 0 spiro atoms. The number of esters is 1. The summed E-state index contributed by atoms with van der Waals surface area (Å²) in [5.74, 6) is -1.000. The first-order valence-electron chi connectivity index (χ1n) is 3.08. The molecule has 4 heteroatoms. The number of hydrogen-bond donors (Lipinski definition) is 1. The molecule has 0 bridgehead atoms. The molecule has 1 saturated heterocycles. The zero-order chi connectivity index (χ0) is 8.85. The molecule has 1 rings (SSSR count). The number of rotatable bonds is 1. The molecular formula is C7H10O4. The molecule has 62 valence electrons. The lowest BCUT2D eigenvalue weighted by Gasteiger charge is -2.09. The minimum atomic E-state index is -0.935. The van der Waals surface area contributed by atoms with Gasteiger partial charge in [-0.1, -0.05) is 6.58 Å². The van der Waals surface area contributed by atoms with Crippen LogP contribution in [0.1, 0.15) is 13.3 Å². The van der Waals surface area contributed by atoms with Gasteiger partial charge in [-0.3, -0.25) is 4.79 Å². The Morgan fingerprint density at radius 3 is 2.00 bits per heavy atom. The smallest absolute Gasteiger partial charge is 0.330 e. The van der Waals surface area contributed by atoms with Crippen molar-refractivity contribution < 1.29 is 19.4 Å². The predicted octanol–water partition coefficient (Wildman–Crippen LogP) is 0.580. The summed E-state index contributed by atoms with van der Waals surface area (Å²) in [6.07, 6.45) is 0.625. The molecule has 1 aliphatic heterocycles. The third kappa shape index (κ3) is 5.14. The Hall–Kier alpha value is -1.32. The highest BCUT2D eigenvalue weighted by molar-refractivity contribution is 5.84. The van der Waals surface area contributed by atoms with E-state index in [9.17, 15) is 9.59 Å². The van der Waals surface area contributed by atoms with Crippen molar-refractivity contribution in [3.8, 4) is 0 Å². The lowest BCUT2D eigenvalue weighted by Crippen LogP contribution is -2.18. The molecule has 4 nitrogen and oxygen atoms in total. The largest absolute Gasteiger partial charge is 0.478 e. The Balaban J connectivity index is 0.000000183. The summed E-state index contributed by atoms with van der Waals surface area (Å²) in [6.45, 7) is 5.24. The fraction of sp³-hybridized carbons (Fsp3) is 0.429. The van der Waals surface area contributed by atoms with Gasteiger partial charge in [-0.25, -0.2) is 4.79 Å². The molecule has 0 aromatic heterocycles. The fourth-order valence-electron chi connectivity index (χ4n) is 0.185. The van der Waals surface area contributed by atoms with E-state index < -0.39 is 5.97 Å². The van der Waals surface area contributed by atoms with E-state index in [2.05, 4.69) is 11.3 Å². The summed E-state index contributed by atoms with van der Waals surface area (Å²) in [5.41, 5.74) is 0.176. The van der Waals surface area contributed by atoms with Gasteiger partial charge in [0.15, 0.2) is 0 Å². The lowest BCUT2D eigenvalue weighted by molar-refractivity contribution is -0.157. The molecule has 1 fully saturated rings. The van der Waals surface area contributed by atoms with E-state index in [0.717, 1.165) is 0 Å². The van der Waals surface area contributed by atoms with E-state index in [1.807, 2.05) is 0 Å². The maximum atomic E-state index is 9.68. The van der Waals surface area contributed by atoms with Gasteiger partial charge in [0.05, 0.1) is 6.42 Å². The van der Waals surface area contributed by atoms with Crippen LogP contribution in [-0.2, 0) is 14.3 Å². The maximum Gasteiger partial charge on any atom is 0.330 e. The van der Waals surface area contributed by atoms with Crippen LogP contribution in [0.2, 0.25) is 0 Å². The van der Waals surface area contributed by atoms with E-state index >= 15 is 0 Å². The molecule has 0 radical (unpaired) electrons. The number of cyclic esters (lactones) is 1. The van der Waals surface area contributed by atoms with Crippen molar-refractivity contribution in [2.24, 2.45) is 0 Å². The van der Waals surface area contributed by atoms with Crippen molar-refractivity contribution in [3.63, 3.8) is 0 Å². The van der Waals surface area contributed by atoms with Gasteiger partial charge < -0.3 is 9.84 Å². The third-order valence-corrected chi connectivity index (χ3v) is 0.934. The van der Waals surface area contributed by atoms with Crippen LogP contribution in [-0.4, -0.2) is 23.7 Å². The quantitative estimate of drug-likeness (QED) is 0.448. The molecule has 11 heavy (non-hydrogen) atoms. The average molecular weight is 158 g/mol. The highest BCUT2D eigenvalue weighted by Crippen LogP contribution is 1.97. The second kappa shape index (κ2) is 4.49. The molecule has 0 aromatic rings. The lowest BCUT2D eigenvalue weighted by atomic mass is 10.4. The molecule has 1 N–H and O–H groups in total. The Labute approximate surface area is 64.5 Å². The molecule has 1 aliphatic rings. The molecule has 0 atom stereocenters. The maximum absolute atomic E-state index is 9.68. The van der Waals surface area contributed by atoms with E-state index in [4.69, 9.17) is 5.11 Å². The molecule has 0 unspecified atom stereocenters. The minimum absolute atomic E-state index is 0.0648. The van der Waals surface area contributed by atoms with Gasteiger partial charge in [0.1, 0.15) is 6.61 Å². The van der Waals surface area contributed by atoms with Crippen LogP contribution in [0.5, 0.6) is 0 Å². The van der Waals surface area contributed by atoms with Gasteiger partial charge in [0, 0.05) is 5.57 Å². The molecule has 0 aliphatic carbocycles. The first-order valence-corrected chi connectivity index (χ1v) is 3.08. The molecule has 0 aromatic carbocycles. The van der Waals surface area contributed by atoms with Gasteiger partial charge in [0.2, 0.25) is 0 Å². The summed E-state index contributed by atoms with van der Waals surface area (Å²) in [6, 6.07) is 0. The highest BCUT2D eigenvalue weighted by Gasteiger charge is 2.10. The second-order valence-corrected chi connectivity index (χ2v) is 2.06. The Morgan fingerprint density at radius 1 is 1.73 bits per heavy atom. The summed E-state index contributed by atoms with van der Waals surface area (Å²) >= 11 is 0. The SMILES string of the molecule is C=C(C)C(=O)O.O=C1CCO1. The fourth-order valence-corrected chi connectivity index (χ4v) is 0.185. The minimum Gasteiger partial charge on any atom is -0.478 e. The highest BCUT2D eigenvalue weighted by atomic mass is 16.6.